The minimum atomic E-state index is -0.361. The van der Waals surface area contributed by atoms with Crippen molar-refractivity contribution in [1.82, 2.24) is 5.32 Å². The van der Waals surface area contributed by atoms with Gasteiger partial charge in [-0.25, -0.2) is 0 Å². The topological polar surface area (TPSA) is 55.2 Å². The first-order valence-corrected chi connectivity index (χ1v) is 7.65. The zero-order valence-corrected chi connectivity index (χ0v) is 12.1. The Bertz CT molecular complexity index is 521. The summed E-state index contributed by atoms with van der Waals surface area (Å²) in [4.78, 5) is 10.7. The second-order valence-electron chi connectivity index (χ2n) is 6.06. The second kappa shape index (κ2) is 5.70. The van der Waals surface area contributed by atoms with Crippen LogP contribution in [0.3, 0.4) is 0 Å². The average Bonchev–Trinajstić information content (AvgIpc) is 3.02. The standard InChI is InChI=1S/C15H19ClN2O2/c16-14-2-1-3-15(18(19)20)13(14)9-17-8-12-7-10-4-5-11(12)6-10/h1-3,10-12,17H,4-9H2. The van der Waals surface area contributed by atoms with Gasteiger partial charge in [-0.15, -0.1) is 0 Å². The monoisotopic (exact) mass is 294 g/mol. The SMILES string of the molecule is O=[N+]([O-])c1cccc(Cl)c1CNCC1CC2CCC1C2. The maximum atomic E-state index is 11.0. The number of nitrogens with zero attached hydrogens (tertiary/aromatic N) is 1. The van der Waals surface area contributed by atoms with E-state index in [1.807, 2.05) is 0 Å². The first kappa shape index (κ1) is 13.8. The minimum Gasteiger partial charge on any atom is -0.312 e. The summed E-state index contributed by atoms with van der Waals surface area (Å²) in [6, 6.07) is 4.85. The zero-order valence-electron chi connectivity index (χ0n) is 11.3. The molecule has 1 N–H and O–H groups in total. The summed E-state index contributed by atoms with van der Waals surface area (Å²) in [5.41, 5.74) is 0.709. The van der Waals surface area contributed by atoms with Crippen LogP contribution in [-0.2, 0) is 6.54 Å². The molecule has 2 aliphatic carbocycles. The molecule has 4 nitrogen and oxygen atoms in total. The maximum Gasteiger partial charge on any atom is 0.275 e. The molecular formula is C15H19ClN2O2. The fourth-order valence-corrected chi connectivity index (χ4v) is 4.14. The molecule has 3 atom stereocenters. The molecule has 108 valence electrons. The van der Waals surface area contributed by atoms with E-state index in [0.717, 1.165) is 24.3 Å². The summed E-state index contributed by atoms with van der Waals surface area (Å²) in [5.74, 6) is 2.55. The van der Waals surface area contributed by atoms with Crippen LogP contribution < -0.4 is 5.32 Å². The van der Waals surface area contributed by atoms with E-state index < -0.39 is 0 Å². The Kier molecular flexibility index (Phi) is 3.94. The van der Waals surface area contributed by atoms with E-state index in [2.05, 4.69) is 5.32 Å². The van der Waals surface area contributed by atoms with Gasteiger partial charge in [0.2, 0.25) is 0 Å². The molecule has 1 aromatic carbocycles. The predicted octanol–water partition coefficient (Wildman–Crippen LogP) is 3.77. The van der Waals surface area contributed by atoms with E-state index in [1.54, 1.807) is 12.1 Å². The molecule has 0 aliphatic heterocycles. The van der Waals surface area contributed by atoms with E-state index in [9.17, 15) is 10.1 Å². The number of benzene rings is 1. The Morgan fingerprint density at radius 1 is 1.35 bits per heavy atom. The molecule has 0 saturated heterocycles. The first-order chi connectivity index (χ1) is 9.65. The molecule has 0 radical (unpaired) electrons. The Balaban J connectivity index is 1.60. The number of nitro benzene ring substituents is 1. The lowest BCUT2D eigenvalue weighted by molar-refractivity contribution is -0.385. The largest absolute Gasteiger partial charge is 0.312 e. The number of nitro groups is 1. The van der Waals surface area contributed by atoms with Crippen LogP contribution in [-0.4, -0.2) is 11.5 Å². The summed E-state index contributed by atoms with van der Waals surface area (Å²) < 4.78 is 0. The number of fused-ring (bicyclic) bond motifs is 2. The number of halogens is 1. The molecule has 3 rings (SSSR count). The first-order valence-electron chi connectivity index (χ1n) is 7.27. The second-order valence-corrected chi connectivity index (χ2v) is 6.47. The fraction of sp³-hybridized carbons (Fsp3) is 0.600. The van der Waals surface area contributed by atoms with Crippen molar-refractivity contribution in [3.05, 3.63) is 38.9 Å². The molecule has 0 spiro atoms. The van der Waals surface area contributed by atoms with E-state index in [4.69, 9.17) is 11.6 Å². The highest BCUT2D eigenvalue weighted by molar-refractivity contribution is 6.31. The van der Waals surface area contributed by atoms with Gasteiger partial charge in [-0.3, -0.25) is 10.1 Å². The number of rotatable bonds is 5. The van der Waals surface area contributed by atoms with Crippen LogP contribution in [0, 0.1) is 27.9 Å². The van der Waals surface area contributed by atoms with Crippen molar-refractivity contribution >= 4 is 17.3 Å². The third kappa shape index (κ3) is 2.67. The van der Waals surface area contributed by atoms with Crippen LogP contribution in [0.5, 0.6) is 0 Å². The van der Waals surface area contributed by atoms with Crippen molar-refractivity contribution in [1.29, 1.82) is 0 Å². The zero-order chi connectivity index (χ0) is 14.1. The summed E-state index contributed by atoms with van der Waals surface area (Å²) in [6.45, 7) is 1.42. The summed E-state index contributed by atoms with van der Waals surface area (Å²) in [6.07, 6.45) is 5.47. The van der Waals surface area contributed by atoms with Gasteiger partial charge in [0.25, 0.3) is 5.69 Å². The van der Waals surface area contributed by atoms with Crippen molar-refractivity contribution in [3.8, 4) is 0 Å². The Morgan fingerprint density at radius 3 is 2.85 bits per heavy atom. The van der Waals surface area contributed by atoms with Crippen molar-refractivity contribution in [2.45, 2.75) is 32.2 Å². The van der Waals surface area contributed by atoms with Crippen molar-refractivity contribution in [2.75, 3.05) is 6.54 Å². The van der Waals surface area contributed by atoms with Gasteiger partial charge in [0.15, 0.2) is 0 Å². The van der Waals surface area contributed by atoms with Gasteiger partial charge >= 0.3 is 0 Å². The molecule has 3 unspecified atom stereocenters. The molecule has 1 aromatic rings. The molecule has 0 amide bonds. The predicted molar refractivity (Wildman–Crippen MR) is 78.8 cm³/mol. The van der Waals surface area contributed by atoms with Crippen molar-refractivity contribution < 1.29 is 4.92 Å². The van der Waals surface area contributed by atoms with E-state index in [-0.39, 0.29) is 10.6 Å². The third-order valence-electron chi connectivity index (χ3n) is 4.88. The smallest absolute Gasteiger partial charge is 0.275 e. The molecular weight excluding hydrogens is 276 g/mol. The van der Waals surface area contributed by atoms with Crippen LogP contribution in [0.4, 0.5) is 5.69 Å². The summed E-state index contributed by atoms with van der Waals surface area (Å²) in [7, 11) is 0. The Hall–Kier alpha value is -1.13. The van der Waals surface area contributed by atoms with Crippen LogP contribution in [0.2, 0.25) is 5.02 Å². The highest BCUT2D eigenvalue weighted by Gasteiger charge is 2.38. The normalized spacial score (nSPS) is 27.9. The Labute approximate surface area is 123 Å². The van der Waals surface area contributed by atoms with Crippen molar-refractivity contribution in [3.63, 3.8) is 0 Å². The molecule has 2 bridgehead atoms. The lowest BCUT2D eigenvalue weighted by Crippen LogP contribution is -2.26. The number of nitrogens with one attached hydrogen (secondary N) is 1. The van der Waals surface area contributed by atoms with Crippen LogP contribution in [0.25, 0.3) is 0 Å². The van der Waals surface area contributed by atoms with E-state index >= 15 is 0 Å². The molecule has 0 heterocycles. The summed E-state index contributed by atoms with van der Waals surface area (Å²) >= 11 is 6.09. The van der Waals surface area contributed by atoms with Gasteiger partial charge in [-0.2, -0.15) is 0 Å². The van der Waals surface area contributed by atoms with E-state index in [0.29, 0.717) is 17.1 Å². The molecule has 20 heavy (non-hydrogen) atoms. The summed E-state index contributed by atoms with van der Waals surface area (Å²) in [5, 5.41) is 14.9. The van der Waals surface area contributed by atoms with Gasteiger partial charge in [-0.05, 0) is 49.6 Å². The molecule has 0 aromatic heterocycles. The van der Waals surface area contributed by atoms with Crippen LogP contribution >= 0.6 is 11.6 Å². The van der Waals surface area contributed by atoms with Crippen LogP contribution in [0.15, 0.2) is 18.2 Å². The average molecular weight is 295 g/mol. The fourth-order valence-electron chi connectivity index (χ4n) is 3.90. The number of hydrogen-bond donors (Lipinski definition) is 1. The van der Waals surface area contributed by atoms with Gasteiger partial charge in [0.05, 0.1) is 15.5 Å². The molecule has 5 heteroatoms. The minimum absolute atomic E-state index is 0.109. The lowest BCUT2D eigenvalue weighted by Gasteiger charge is -2.22. The molecule has 2 fully saturated rings. The lowest BCUT2D eigenvalue weighted by atomic mass is 9.89. The maximum absolute atomic E-state index is 11.0. The van der Waals surface area contributed by atoms with Crippen LogP contribution in [0.1, 0.15) is 31.2 Å². The van der Waals surface area contributed by atoms with Gasteiger partial charge in [-0.1, -0.05) is 24.1 Å². The highest BCUT2D eigenvalue weighted by Crippen LogP contribution is 2.47. The third-order valence-corrected chi connectivity index (χ3v) is 5.24. The van der Waals surface area contributed by atoms with Crippen molar-refractivity contribution in [2.24, 2.45) is 17.8 Å². The van der Waals surface area contributed by atoms with E-state index in [1.165, 1.54) is 31.7 Å². The molecule has 2 aliphatic rings. The van der Waals surface area contributed by atoms with Gasteiger partial charge < -0.3 is 5.32 Å². The Morgan fingerprint density at radius 2 is 2.20 bits per heavy atom. The molecule has 2 saturated carbocycles. The van der Waals surface area contributed by atoms with Gasteiger partial charge in [0.1, 0.15) is 0 Å². The number of hydrogen-bond acceptors (Lipinski definition) is 3. The van der Waals surface area contributed by atoms with Gasteiger partial charge in [0, 0.05) is 12.6 Å². The highest BCUT2D eigenvalue weighted by atomic mass is 35.5. The quantitative estimate of drug-likeness (QED) is 0.664.